The predicted octanol–water partition coefficient (Wildman–Crippen LogP) is 10.3. The highest BCUT2D eigenvalue weighted by Gasteiger charge is 2.05. The van der Waals surface area contributed by atoms with Crippen LogP contribution >= 0.6 is 0 Å². The van der Waals surface area contributed by atoms with Gasteiger partial charge in [0.2, 0.25) is 0 Å². The van der Waals surface area contributed by atoms with Gasteiger partial charge in [0.25, 0.3) is 0 Å². The Hall–Kier alpha value is -1.06. The summed E-state index contributed by atoms with van der Waals surface area (Å²) in [4.78, 5) is 23.6. The second-order valence-electron chi connectivity index (χ2n) is 10.7. The van der Waals surface area contributed by atoms with Crippen LogP contribution in [0.15, 0.2) is 0 Å². The molecule has 0 radical (unpaired) electrons. The minimum absolute atomic E-state index is 0.0839. The molecule has 0 aliphatic carbocycles. The summed E-state index contributed by atoms with van der Waals surface area (Å²) in [5.41, 5.74) is 0. The number of carbonyl (C=O) groups is 2. The van der Waals surface area contributed by atoms with Crippen molar-refractivity contribution in [3.05, 3.63) is 0 Å². The second kappa shape index (κ2) is 30.2. The van der Waals surface area contributed by atoms with Crippen LogP contribution in [0.3, 0.4) is 0 Å². The maximum atomic E-state index is 11.8. The molecule has 0 aromatic carbocycles. The van der Waals surface area contributed by atoms with Crippen LogP contribution in [0.25, 0.3) is 0 Å². The number of hydrogen-bond acceptors (Lipinski definition) is 4. The largest absolute Gasteiger partial charge is 0.466 e. The Kier molecular flexibility index (Phi) is 29.3. The lowest BCUT2D eigenvalue weighted by Gasteiger charge is -2.07. The minimum Gasteiger partial charge on any atom is -0.466 e. The normalized spacial score (nSPS) is 11.1. The van der Waals surface area contributed by atoms with Crippen LogP contribution in [0, 0.1) is 0 Å². The molecule has 0 saturated heterocycles. The molecule has 0 aromatic heterocycles. The molecule has 214 valence electrons. The molecule has 0 amide bonds. The Morgan fingerprint density at radius 1 is 0.361 bits per heavy atom. The van der Waals surface area contributed by atoms with Crippen LogP contribution in [0.2, 0.25) is 0 Å². The van der Waals surface area contributed by atoms with Gasteiger partial charge in [-0.3, -0.25) is 9.59 Å². The van der Waals surface area contributed by atoms with E-state index in [1.165, 1.54) is 116 Å². The van der Waals surface area contributed by atoms with Gasteiger partial charge < -0.3 is 9.47 Å². The molecule has 0 saturated carbocycles. The summed E-state index contributed by atoms with van der Waals surface area (Å²) >= 11 is 0. The highest BCUT2D eigenvalue weighted by atomic mass is 16.5. The summed E-state index contributed by atoms with van der Waals surface area (Å²) in [7, 11) is 0. The molecule has 0 rings (SSSR count). The van der Waals surface area contributed by atoms with Crippen LogP contribution < -0.4 is 0 Å². The molecular weight excluding hydrogens is 448 g/mol. The number of hydrogen-bond donors (Lipinski definition) is 0. The van der Waals surface area contributed by atoms with E-state index in [2.05, 4.69) is 13.8 Å². The molecule has 4 heteroatoms. The zero-order chi connectivity index (χ0) is 26.4. The zero-order valence-electron chi connectivity index (χ0n) is 24.4. The van der Waals surface area contributed by atoms with Crippen LogP contribution in [-0.4, -0.2) is 25.2 Å². The molecule has 4 nitrogen and oxygen atoms in total. The summed E-state index contributed by atoms with van der Waals surface area (Å²) in [6.45, 7) is 5.39. The average molecular weight is 511 g/mol. The Morgan fingerprint density at radius 3 is 0.889 bits per heavy atom. The van der Waals surface area contributed by atoms with Crippen molar-refractivity contribution in [2.24, 2.45) is 0 Å². The molecule has 0 spiro atoms. The number of esters is 2. The lowest BCUT2D eigenvalue weighted by Crippen LogP contribution is -2.08. The zero-order valence-corrected chi connectivity index (χ0v) is 24.4. The molecule has 0 N–H and O–H groups in total. The van der Waals surface area contributed by atoms with Crippen molar-refractivity contribution < 1.29 is 19.1 Å². The lowest BCUT2D eigenvalue weighted by atomic mass is 10.1. The van der Waals surface area contributed by atoms with E-state index in [0.29, 0.717) is 26.1 Å². The van der Waals surface area contributed by atoms with E-state index in [1.54, 1.807) is 0 Å². The maximum Gasteiger partial charge on any atom is 0.305 e. The van der Waals surface area contributed by atoms with Gasteiger partial charge in [-0.2, -0.15) is 0 Å². The molecule has 0 fully saturated rings. The van der Waals surface area contributed by atoms with E-state index in [0.717, 1.165) is 38.5 Å². The third kappa shape index (κ3) is 29.2. The first-order valence-electron chi connectivity index (χ1n) is 16.0. The van der Waals surface area contributed by atoms with Crippen molar-refractivity contribution >= 4 is 11.9 Å². The van der Waals surface area contributed by atoms with Crippen molar-refractivity contribution in [3.63, 3.8) is 0 Å². The topological polar surface area (TPSA) is 52.6 Å². The molecule has 0 unspecified atom stereocenters. The molecule has 0 bridgehead atoms. The van der Waals surface area contributed by atoms with Crippen LogP contribution in [0.4, 0.5) is 0 Å². The SMILES string of the molecule is CCCCCCCCCCCCCC(=O)OCCCCOC(=O)CCCCCCCCCCCCC. The van der Waals surface area contributed by atoms with E-state index in [-0.39, 0.29) is 11.9 Å². The van der Waals surface area contributed by atoms with Crippen molar-refractivity contribution in [3.8, 4) is 0 Å². The fourth-order valence-electron chi connectivity index (χ4n) is 4.59. The molecule has 0 atom stereocenters. The molecule has 36 heavy (non-hydrogen) atoms. The standard InChI is InChI=1S/C32H62O4/c1-3-5-7-9-11-13-15-17-19-21-23-27-31(33)35-29-25-26-30-36-32(34)28-24-22-20-18-16-14-12-10-8-6-4-2/h3-30H2,1-2H3. The second-order valence-corrected chi connectivity index (χ2v) is 10.7. The summed E-state index contributed by atoms with van der Waals surface area (Å²) in [5.74, 6) is -0.168. The van der Waals surface area contributed by atoms with Crippen molar-refractivity contribution in [2.45, 2.75) is 181 Å². The first kappa shape index (κ1) is 34.9. The van der Waals surface area contributed by atoms with Gasteiger partial charge in [-0.25, -0.2) is 0 Å². The third-order valence-corrected chi connectivity index (χ3v) is 7.03. The van der Waals surface area contributed by atoms with Crippen LogP contribution in [0.1, 0.15) is 181 Å². The Labute approximate surface area is 225 Å². The van der Waals surface area contributed by atoms with E-state index < -0.39 is 0 Å². The van der Waals surface area contributed by atoms with Gasteiger partial charge >= 0.3 is 11.9 Å². The Morgan fingerprint density at radius 2 is 0.611 bits per heavy atom. The molecular formula is C32H62O4. The minimum atomic E-state index is -0.0839. The summed E-state index contributed by atoms with van der Waals surface area (Å²) < 4.78 is 10.6. The van der Waals surface area contributed by atoms with Gasteiger partial charge in [0, 0.05) is 12.8 Å². The van der Waals surface area contributed by atoms with E-state index in [9.17, 15) is 9.59 Å². The average Bonchev–Trinajstić information content (AvgIpc) is 2.87. The number of rotatable bonds is 29. The summed E-state index contributed by atoms with van der Waals surface area (Å²) in [6.07, 6.45) is 30.9. The van der Waals surface area contributed by atoms with Gasteiger partial charge in [-0.15, -0.1) is 0 Å². The van der Waals surface area contributed by atoms with Gasteiger partial charge in [-0.1, -0.05) is 142 Å². The highest BCUT2D eigenvalue weighted by Crippen LogP contribution is 2.13. The van der Waals surface area contributed by atoms with Gasteiger partial charge in [0.15, 0.2) is 0 Å². The molecule has 0 heterocycles. The molecule has 0 aliphatic rings. The third-order valence-electron chi connectivity index (χ3n) is 7.03. The molecule has 0 aliphatic heterocycles. The van der Waals surface area contributed by atoms with Crippen molar-refractivity contribution in [2.75, 3.05) is 13.2 Å². The van der Waals surface area contributed by atoms with Gasteiger partial charge in [-0.05, 0) is 25.7 Å². The molecule has 0 aromatic rings. The first-order chi connectivity index (χ1) is 17.7. The quantitative estimate of drug-likeness (QED) is 0.0741. The predicted molar refractivity (Wildman–Crippen MR) is 153 cm³/mol. The number of ether oxygens (including phenoxy) is 2. The maximum absolute atomic E-state index is 11.8. The first-order valence-corrected chi connectivity index (χ1v) is 16.0. The fraction of sp³-hybridized carbons (Fsp3) is 0.938. The Balaban J connectivity index is 3.26. The summed E-state index contributed by atoms with van der Waals surface area (Å²) in [5, 5.41) is 0. The van der Waals surface area contributed by atoms with Crippen molar-refractivity contribution in [1.29, 1.82) is 0 Å². The number of carbonyl (C=O) groups excluding carboxylic acids is 2. The van der Waals surface area contributed by atoms with Crippen molar-refractivity contribution in [1.82, 2.24) is 0 Å². The smallest absolute Gasteiger partial charge is 0.305 e. The van der Waals surface area contributed by atoms with E-state index in [1.807, 2.05) is 0 Å². The van der Waals surface area contributed by atoms with Gasteiger partial charge in [0.1, 0.15) is 0 Å². The van der Waals surface area contributed by atoms with E-state index >= 15 is 0 Å². The Bertz CT molecular complexity index is 421. The van der Waals surface area contributed by atoms with E-state index in [4.69, 9.17) is 9.47 Å². The highest BCUT2D eigenvalue weighted by molar-refractivity contribution is 5.69. The van der Waals surface area contributed by atoms with Gasteiger partial charge in [0.05, 0.1) is 13.2 Å². The monoisotopic (exact) mass is 510 g/mol. The summed E-state index contributed by atoms with van der Waals surface area (Å²) in [6, 6.07) is 0. The van der Waals surface area contributed by atoms with Crippen LogP contribution in [-0.2, 0) is 19.1 Å². The number of unbranched alkanes of at least 4 members (excludes halogenated alkanes) is 21. The van der Waals surface area contributed by atoms with Crippen LogP contribution in [0.5, 0.6) is 0 Å². The lowest BCUT2D eigenvalue weighted by molar-refractivity contribution is -0.146. The fourth-order valence-corrected chi connectivity index (χ4v) is 4.59.